The second-order valence-corrected chi connectivity index (χ2v) is 5.14. The Labute approximate surface area is 111 Å². The Hall–Kier alpha value is -1.16. The molecule has 1 aromatic rings. The van der Waals surface area contributed by atoms with Crippen LogP contribution in [0.4, 0.5) is 5.82 Å². The first kappa shape index (κ1) is 14.9. The SMILES string of the molecule is CCNCc1cnc(C)nc1N(C)C(C)C(C)C. The van der Waals surface area contributed by atoms with Crippen molar-refractivity contribution in [2.45, 2.75) is 47.2 Å². The molecule has 1 rings (SSSR count). The second-order valence-electron chi connectivity index (χ2n) is 5.14. The largest absolute Gasteiger partial charge is 0.356 e. The molecule has 0 amide bonds. The number of nitrogens with one attached hydrogen (secondary N) is 1. The number of aromatic nitrogens is 2. The van der Waals surface area contributed by atoms with E-state index in [1.54, 1.807) is 0 Å². The Morgan fingerprint density at radius 2 is 2.00 bits per heavy atom. The maximum absolute atomic E-state index is 4.60. The topological polar surface area (TPSA) is 41.1 Å². The predicted molar refractivity (Wildman–Crippen MR) is 76.9 cm³/mol. The molecule has 1 N–H and O–H groups in total. The number of hydrogen-bond donors (Lipinski definition) is 1. The lowest BCUT2D eigenvalue weighted by atomic mass is 10.0. The molecule has 0 bridgehead atoms. The molecule has 1 unspecified atom stereocenters. The molecule has 4 heteroatoms. The van der Waals surface area contributed by atoms with Crippen molar-refractivity contribution in [3.8, 4) is 0 Å². The second kappa shape index (κ2) is 6.69. The van der Waals surface area contributed by atoms with Crippen LogP contribution in [0, 0.1) is 12.8 Å². The molecule has 0 radical (unpaired) electrons. The van der Waals surface area contributed by atoms with Gasteiger partial charge in [0.2, 0.25) is 0 Å². The fourth-order valence-corrected chi connectivity index (χ4v) is 1.81. The summed E-state index contributed by atoms with van der Waals surface area (Å²) in [6.07, 6.45) is 1.93. The van der Waals surface area contributed by atoms with Gasteiger partial charge in [0, 0.05) is 31.4 Å². The van der Waals surface area contributed by atoms with Gasteiger partial charge in [-0.15, -0.1) is 0 Å². The summed E-state index contributed by atoms with van der Waals surface area (Å²) in [4.78, 5) is 11.2. The van der Waals surface area contributed by atoms with Gasteiger partial charge in [-0.3, -0.25) is 0 Å². The third-order valence-corrected chi connectivity index (χ3v) is 3.44. The summed E-state index contributed by atoms with van der Waals surface area (Å²) in [5.41, 5.74) is 1.16. The molecule has 0 aliphatic heterocycles. The lowest BCUT2D eigenvalue weighted by Gasteiger charge is -2.30. The van der Waals surface area contributed by atoms with Gasteiger partial charge in [-0.25, -0.2) is 9.97 Å². The molecule has 0 spiro atoms. The van der Waals surface area contributed by atoms with Crippen molar-refractivity contribution < 1.29 is 0 Å². The Morgan fingerprint density at radius 3 is 2.56 bits per heavy atom. The van der Waals surface area contributed by atoms with E-state index in [1.165, 1.54) is 0 Å². The highest BCUT2D eigenvalue weighted by molar-refractivity contribution is 5.46. The molecular formula is C14H26N4. The van der Waals surface area contributed by atoms with Crippen LogP contribution in [0.5, 0.6) is 0 Å². The van der Waals surface area contributed by atoms with Gasteiger partial charge in [0.25, 0.3) is 0 Å². The van der Waals surface area contributed by atoms with Crippen LogP contribution in [0.15, 0.2) is 6.20 Å². The number of rotatable bonds is 6. The molecule has 0 aliphatic carbocycles. The van der Waals surface area contributed by atoms with E-state index in [-0.39, 0.29) is 0 Å². The van der Waals surface area contributed by atoms with Crippen molar-refractivity contribution in [3.63, 3.8) is 0 Å². The summed E-state index contributed by atoms with van der Waals surface area (Å²) in [7, 11) is 2.11. The molecule has 0 aromatic carbocycles. The molecule has 0 fully saturated rings. The lowest BCUT2D eigenvalue weighted by molar-refractivity contribution is 0.500. The van der Waals surface area contributed by atoms with Gasteiger partial charge < -0.3 is 10.2 Å². The van der Waals surface area contributed by atoms with Crippen molar-refractivity contribution in [3.05, 3.63) is 17.6 Å². The van der Waals surface area contributed by atoms with E-state index in [1.807, 2.05) is 13.1 Å². The molecule has 102 valence electrons. The van der Waals surface area contributed by atoms with Crippen LogP contribution < -0.4 is 10.2 Å². The summed E-state index contributed by atoms with van der Waals surface area (Å²) in [6, 6.07) is 0.458. The Balaban J connectivity index is 3.00. The molecular weight excluding hydrogens is 224 g/mol. The molecule has 1 atom stereocenters. The summed E-state index contributed by atoms with van der Waals surface area (Å²) in [5.74, 6) is 2.47. The van der Waals surface area contributed by atoms with E-state index in [2.05, 4.69) is 54.9 Å². The van der Waals surface area contributed by atoms with Gasteiger partial charge in [0.05, 0.1) is 0 Å². The zero-order valence-corrected chi connectivity index (χ0v) is 12.5. The number of aryl methyl sites for hydroxylation is 1. The van der Waals surface area contributed by atoms with Crippen molar-refractivity contribution in [1.82, 2.24) is 15.3 Å². The maximum atomic E-state index is 4.60. The van der Waals surface area contributed by atoms with Crippen LogP contribution in [-0.2, 0) is 6.54 Å². The minimum absolute atomic E-state index is 0.458. The minimum atomic E-state index is 0.458. The normalized spacial score (nSPS) is 12.8. The Morgan fingerprint density at radius 1 is 1.33 bits per heavy atom. The Bertz CT molecular complexity index is 376. The summed E-state index contributed by atoms with van der Waals surface area (Å²) < 4.78 is 0. The standard InChI is InChI=1S/C14H26N4/c1-7-15-8-13-9-16-12(5)17-14(13)18(6)11(4)10(2)3/h9-11,15H,7-8H2,1-6H3. The van der Waals surface area contributed by atoms with Gasteiger partial charge in [-0.05, 0) is 26.3 Å². The zero-order chi connectivity index (χ0) is 13.7. The van der Waals surface area contributed by atoms with Crippen molar-refractivity contribution >= 4 is 5.82 Å². The average Bonchev–Trinajstić information content (AvgIpc) is 2.35. The van der Waals surface area contributed by atoms with Crippen LogP contribution in [0.2, 0.25) is 0 Å². The monoisotopic (exact) mass is 250 g/mol. The summed E-state index contributed by atoms with van der Waals surface area (Å²) in [6.45, 7) is 12.5. The van der Waals surface area contributed by atoms with E-state index in [4.69, 9.17) is 0 Å². The van der Waals surface area contributed by atoms with Crippen LogP contribution in [0.25, 0.3) is 0 Å². The van der Waals surface area contributed by atoms with E-state index in [0.29, 0.717) is 12.0 Å². The van der Waals surface area contributed by atoms with Gasteiger partial charge in [-0.2, -0.15) is 0 Å². The van der Waals surface area contributed by atoms with Gasteiger partial charge in [-0.1, -0.05) is 20.8 Å². The number of hydrogen-bond acceptors (Lipinski definition) is 4. The zero-order valence-electron chi connectivity index (χ0n) is 12.5. The molecule has 1 aromatic heterocycles. The molecule has 4 nitrogen and oxygen atoms in total. The average molecular weight is 250 g/mol. The fraction of sp³-hybridized carbons (Fsp3) is 0.714. The number of nitrogens with zero attached hydrogens (tertiary/aromatic N) is 3. The van der Waals surface area contributed by atoms with E-state index >= 15 is 0 Å². The van der Waals surface area contributed by atoms with Crippen LogP contribution >= 0.6 is 0 Å². The smallest absolute Gasteiger partial charge is 0.136 e. The molecule has 1 heterocycles. The Kier molecular flexibility index (Phi) is 5.54. The van der Waals surface area contributed by atoms with E-state index in [9.17, 15) is 0 Å². The maximum Gasteiger partial charge on any atom is 0.136 e. The first-order chi connectivity index (χ1) is 8.47. The van der Waals surface area contributed by atoms with Gasteiger partial charge >= 0.3 is 0 Å². The highest BCUT2D eigenvalue weighted by Gasteiger charge is 2.18. The van der Waals surface area contributed by atoms with Gasteiger partial charge in [0.15, 0.2) is 0 Å². The third kappa shape index (κ3) is 3.67. The quantitative estimate of drug-likeness (QED) is 0.841. The van der Waals surface area contributed by atoms with Crippen molar-refractivity contribution in [2.24, 2.45) is 5.92 Å². The minimum Gasteiger partial charge on any atom is -0.356 e. The van der Waals surface area contributed by atoms with Crippen LogP contribution in [0.3, 0.4) is 0 Å². The van der Waals surface area contributed by atoms with Crippen molar-refractivity contribution in [2.75, 3.05) is 18.5 Å². The van der Waals surface area contributed by atoms with Crippen molar-refractivity contribution in [1.29, 1.82) is 0 Å². The lowest BCUT2D eigenvalue weighted by Crippen LogP contribution is -2.35. The number of anilines is 1. The highest BCUT2D eigenvalue weighted by Crippen LogP contribution is 2.21. The fourth-order valence-electron chi connectivity index (χ4n) is 1.81. The first-order valence-electron chi connectivity index (χ1n) is 6.73. The summed E-state index contributed by atoms with van der Waals surface area (Å²) >= 11 is 0. The first-order valence-corrected chi connectivity index (χ1v) is 6.73. The van der Waals surface area contributed by atoms with E-state index in [0.717, 1.165) is 30.3 Å². The molecule has 0 aliphatic rings. The third-order valence-electron chi connectivity index (χ3n) is 3.44. The van der Waals surface area contributed by atoms with Crippen LogP contribution in [-0.4, -0.2) is 29.6 Å². The van der Waals surface area contributed by atoms with Gasteiger partial charge in [0.1, 0.15) is 11.6 Å². The predicted octanol–water partition coefficient (Wildman–Crippen LogP) is 2.38. The molecule has 0 saturated carbocycles. The molecule has 0 saturated heterocycles. The van der Waals surface area contributed by atoms with Crippen LogP contribution in [0.1, 0.15) is 39.1 Å². The van der Waals surface area contributed by atoms with E-state index < -0.39 is 0 Å². The highest BCUT2D eigenvalue weighted by atomic mass is 15.2. The summed E-state index contributed by atoms with van der Waals surface area (Å²) in [5, 5.41) is 3.34. The molecule has 18 heavy (non-hydrogen) atoms.